The van der Waals surface area contributed by atoms with Crippen LogP contribution in [-0.2, 0) is 4.79 Å². The van der Waals surface area contributed by atoms with E-state index in [1.165, 1.54) is 6.26 Å². The summed E-state index contributed by atoms with van der Waals surface area (Å²) in [6.45, 7) is 4.16. The van der Waals surface area contributed by atoms with Crippen molar-refractivity contribution in [3.05, 3.63) is 54.7 Å². The first kappa shape index (κ1) is 15.5. The van der Waals surface area contributed by atoms with E-state index in [0.29, 0.717) is 12.2 Å². The third-order valence-electron chi connectivity index (χ3n) is 2.99. The Morgan fingerprint density at radius 2 is 2.23 bits per heavy atom. The van der Waals surface area contributed by atoms with Crippen LogP contribution in [0.2, 0.25) is 0 Å². The molecule has 0 radical (unpaired) electrons. The summed E-state index contributed by atoms with van der Waals surface area (Å²) in [6.07, 6.45) is 10.0. The van der Waals surface area contributed by atoms with Crippen molar-refractivity contribution in [1.82, 2.24) is 0 Å². The molecule has 0 spiro atoms. The Balaban J connectivity index is 1.98. The van der Waals surface area contributed by atoms with E-state index < -0.39 is 5.97 Å². The monoisotopic (exact) mass is 300 g/mol. The Kier molecular flexibility index (Phi) is 5.08. The van der Waals surface area contributed by atoms with Crippen LogP contribution in [0.15, 0.2) is 58.3 Å². The first-order valence-corrected chi connectivity index (χ1v) is 6.73. The number of furan rings is 1. The lowest BCUT2D eigenvalue weighted by atomic mass is 10.2. The highest BCUT2D eigenvalue weighted by Gasteiger charge is 2.18. The van der Waals surface area contributed by atoms with Gasteiger partial charge in [-0.3, -0.25) is 9.59 Å². The second kappa shape index (κ2) is 7.21. The van der Waals surface area contributed by atoms with E-state index in [2.05, 4.69) is 11.6 Å². The summed E-state index contributed by atoms with van der Waals surface area (Å²) < 4.78 is 5.21. The van der Waals surface area contributed by atoms with Gasteiger partial charge in [-0.05, 0) is 6.08 Å². The Hall–Kier alpha value is -2.89. The summed E-state index contributed by atoms with van der Waals surface area (Å²) in [5.41, 5.74) is 1.58. The molecule has 1 aromatic rings. The minimum absolute atomic E-state index is 0.0755. The fourth-order valence-corrected chi connectivity index (χ4v) is 1.87. The van der Waals surface area contributed by atoms with E-state index in [4.69, 9.17) is 9.52 Å². The second-order valence-electron chi connectivity index (χ2n) is 4.64. The molecule has 0 saturated heterocycles. The summed E-state index contributed by atoms with van der Waals surface area (Å²) in [7, 11) is 0. The van der Waals surface area contributed by atoms with Gasteiger partial charge in [0.2, 0.25) is 0 Å². The number of Topliss-reactive ketones (excluding diaryl/α,β-unsaturated/α-hetero) is 1. The number of ketones is 1. The summed E-state index contributed by atoms with van der Waals surface area (Å²) in [6, 6.07) is 1.60. The maximum atomic E-state index is 11.8. The highest BCUT2D eigenvalue weighted by Crippen LogP contribution is 2.22. The number of carbonyl (C=O) groups excluding carboxylic acids is 1. The Bertz CT molecular complexity index is 667. The zero-order valence-corrected chi connectivity index (χ0v) is 11.9. The molecule has 0 bridgehead atoms. The normalized spacial score (nSPS) is 15.8. The molecule has 0 unspecified atom stereocenters. The van der Waals surface area contributed by atoms with Crippen LogP contribution in [0.3, 0.4) is 0 Å². The highest BCUT2D eigenvalue weighted by atomic mass is 16.4. The van der Waals surface area contributed by atoms with Gasteiger partial charge in [0, 0.05) is 12.5 Å². The van der Waals surface area contributed by atoms with Gasteiger partial charge >= 0.3 is 5.97 Å². The minimum atomic E-state index is -1.01. The number of aliphatic imine (C=N–C) groups is 1. The highest BCUT2D eigenvalue weighted by molar-refractivity contribution is 5.96. The number of hydrogen-bond acceptors (Lipinski definition) is 5. The molecule has 0 fully saturated rings. The maximum Gasteiger partial charge on any atom is 0.303 e. The molecule has 1 aliphatic heterocycles. The molecule has 22 heavy (non-hydrogen) atoms. The number of hydrogen-bond donors (Lipinski definition) is 1. The van der Waals surface area contributed by atoms with Crippen molar-refractivity contribution in [3.8, 4) is 0 Å². The lowest BCUT2D eigenvalue weighted by Gasteiger charge is -2.09. The number of rotatable bonds is 7. The van der Waals surface area contributed by atoms with Crippen LogP contribution in [0.4, 0.5) is 5.69 Å². The van der Waals surface area contributed by atoms with Crippen molar-refractivity contribution in [2.24, 2.45) is 4.99 Å². The van der Waals surface area contributed by atoms with Gasteiger partial charge < -0.3 is 14.4 Å². The number of carboxylic acid groups (broad SMARTS) is 1. The van der Waals surface area contributed by atoms with Crippen LogP contribution in [-0.4, -0.2) is 29.7 Å². The molecule has 0 aromatic carbocycles. The van der Waals surface area contributed by atoms with Gasteiger partial charge in [-0.1, -0.05) is 24.8 Å². The third kappa shape index (κ3) is 4.05. The molecule has 6 heteroatoms. The number of carboxylic acids is 1. The number of aliphatic carboxylic acids is 1. The molecule has 2 heterocycles. The van der Waals surface area contributed by atoms with Crippen molar-refractivity contribution >= 4 is 23.8 Å². The van der Waals surface area contributed by atoms with Crippen molar-refractivity contribution in [2.45, 2.75) is 12.8 Å². The molecule has 1 aromatic heterocycles. The van der Waals surface area contributed by atoms with Gasteiger partial charge in [-0.2, -0.15) is 0 Å². The first-order valence-electron chi connectivity index (χ1n) is 6.73. The van der Waals surface area contributed by atoms with Crippen LogP contribution in [0, 0.1) is 0 Å². The number of allylic oxidation sites excluding steroid dienone is 4. The summed E-state index contributed by atoms with van der Waals surface area (Å²) in [5.74, 6) is -1.17. The predicted octanol–water partition coefficient (Wildman–Crippen LogP) is 2.80. The Morgan fingerprint density at radius 3 is 2.95 bits per heavy atom. The summed E-state index contributed by atoms with van der Waals surface area (Å²) >= 11 is 0. The van der Waals surface area contributed by atoms with Gasteiger partial charge in [0.05, 0.1) is 30.7 Å². The molecule has 0 saturated carbocycles. The SMILES string of the molecule is C=C/C=C\C=C1/CN(c2coc(C(=O)CCC(=O)O)c2)C=N1. The summed E-state index contributed by atoms with van der Waals surface area (Å²) in [4.78, 5) is 28.3. The van der Waals surface area contributed by atoms with E-state index in [1.807, 2.05) is 23.1 Å². The average Bonchev–Trinajstić information content (AvgIpc) is 3.13. The number of nitrogens with zero attached hydrogens (tertiary/aromatic N) is 2. The maximum absolute atomic E-state index is 11.8. The third-order valence-corrected chi connectivity index (χ3v) is 2.99. The fraction of sp³-hybridized carbons (Fsp3) is 0.188. The van der Waals surface area contributed by atoms with E-state index in [0.717, 1.165) is 5.70 Å². The first-order chi connectivity index (χ1) is 10.6. The largest absolute Gasteiger partial charge is 0.481 e. The molecule has 0 amide bonds. The number of anilines is 1. The Labute approximate surface area is 127 Å². The quantitative estimate of drug-likeness (QED) is 0.618. The number of carbonyl (C=O) groups is 2. The predicted molar refractivity (Wildman–Crippen MR) is 83.2 cm³/mol. The van der Waals surface area contributed by atoms with E-state index >= 15 is 0 Å². The molecule has 0 atom stereocenters. The molecule has 0 aliphatic carbocycles. The van der Waals surface area contributed by atoms with E-state index in [9.17, 15) is 9.59 Å². The van der Waals surface area contributed by atoms with Crippen molar-refractivity contribution in [1.29, 1.82) is 0 Å². The lowest BCUT2D eigenvalue weighted by Crippen LogP contribution is -2.16. The van der Waals surface area contributed by atoms with Crippen LogP contribution < -0.4 is 4.90 Å². The standard InChI is InChI=1S/C16H16N2O4/c1-2-3-4-5-12-9-18(11-17-12)13-8-15(22-10-13)14(19)6-7-16(20)21/h2-5,8,10-11H,1,6-7,9H2,(H,20,21)/b4-3-,12-5+. The zero-order valence-electron chi connectivity index (χ0n) is 11.9. The van der Waals surface area contributed by atoms with Crippen molar-refractivity contribution in [3.63, 3.8) is 0 Å². The Morgan fingerprint density at radius 1 is 1.41 bits per heavy atom. The van der Waals surface area contributed by atoms with Crippen molar-refractivity contribution < 1.29 is 19.1 Å². The minimum Gasteiger partial charge on any atom is -0.481 e. The average molecular weight is 300 g/mol. The summed E-state index contributed by atoms with van der Waals surface area (Å²) in [5, 5.41) is 8.58. The van der Waals surface area contributed by atoms with E-state index in [-0.39, 0.29) is 24.4 Å². The van der Waals surface area contributed by atoms with Crippen molar-refractivity contribution in [2.75, 3.05) is 11.4 Å². The molecular formula is C16H16N2O4. The van der Waals surface area contributed by atoms with Crippen LogP contribution in [0.1, 0.15) is 23.4 Å². The van der Waals surface area contributed by atoms with Crippen LogP contribution in [0.25, 0.3) is 0 Å². The zero-order chi connectivity index (χ0) is 15.9. The van der Waals surface area contributed by atoms with Gasteiger partial charge in [0.1, 0.15) is 6.26 Å². The van der Waals surface area contributed by atoms with Crippen LogP contribution >= 0.6 is 0 Å². The van der Waals surface area contributed by atoms with Gasteiger partial charge in [0.25, 0.3) is 0 Å². The van der Waals surface area contributed by atoms with Gasteiger partial charge in [-0.15, -0.1) is 0 Å². The lowest BCUT2D eigenvalue weighted by molar-refractivity contribution is -0.136. The molecule has 114 valence electrons. The molecule has 1 N–H and O–H groups in total. The molecule has 6 nitrogen and oxygen atoms in total. The van der Waals surface area contributed by atoms with Gasteiger partial charge in [-0.25, -0.2) is 4.99 Å². The second-order valence-corrected chi connectivity index (χ2v) is 4.64. The fourth-order valence-electron chi connectivity index (χ4n) is 1.87. The molecule has 1 aliphatic rings. The topological polar surface area (TPSA) is 83.1 Å². The van der Waals surface area contributed by atoms with Gasteiger partial charge in [0.15, 0.2) is 11.5 Å². The molecular weight excluding hydrogens is 284 g/mol. The van der Waals surface area contributed by atoms with E-state index in [1.54, 1.807) is 18.5 Å². The smallest absolute Gasteiger partial charge is 0.303 e. The van der Waals surface area contributed by atoms with Crippen LogP contribution in [0.5, 0.6) is 0 Å². The molecule has 2 rings (SSSR count).